The molecule has 2 N–H and O–H groups in total. The molecule has 0 saturated carbocycles. The quantitative estimate of drug-likeness (QED) is 0.425. The largest absolute Gasteiger partial charge is 0.463 e. The molecule has 106 valence electrons. The molecule has 1 heterocycles. The van der Waals surface area contributed by atoms with Crippen molar-refractivity contribution in [3.63, 3.8) is 0 Å². The molecule has 1 aliphatic rings. The molecule has 0 aromatic rings. The predicted molar refractivity (Wildman–Crippen MR) is 57.8 cm³/mol. The van der Waals surface area contributed by atoms with Crippen LogP contribution >= 0.6 is 0 Å². The van der Waals surface area contributed by atoms with Crippen molar-refractivity contribution < 1.29 is 38.9 Å². The standard InChI is InChI=1S/C11H14O8/c1-5(12)2-3-7(14)18-4-6(13)10-8(15)9(16)11(17)19-10/h6,9-10,13,16H,2-4H2,1H3/t6-,9?,10+/m0/s1. The summed E-state index contributed by atoms with van der Waals surface area (Å²) in [7, 11) is 0. The molecule has 0 amide bonds. The zero-order chi connectivity index (χ0) is 14.6. The topological polar surface area (TPSA) is 127 Å². The van der Waals surface area contributed by atoms with E-state index in [1.807, 2.05) is 0 Å². The first-order valence-electron chi connectivity index (χ1n) is 5.58. The normalized spacial score (nSPS) is 23.9. The van der Waals surface area contributed by atoms with Crippen molar-refractivity contribution in [1.82, 2.24) is 0 Å². The average molecular weight is 274 g/mol. The van der Waals surface area contributed by atoms with Crippen LogP contribution in [0.25, 0.3) is 0 Å². The Kier molecular flexibility index (Phi) is 5.13. The maximum absolute atomic E-state index is 11.3. The second-order valence-electron chi connectivity index (χ2n) is 4.11. The van der Waals surface area contributed by atoms with Gasteiger partial charge in [-0.2, -0.15) is 0 Å². The number of ketones is 2. The second-order valence-corrected chi connectivity index (χ2v) is 4.11. The third-order valence-corrected chi connectivity index (χ3v) is 2.46. The van der Waals surface area contributed by atoms with Crippen molar-refractivity contribution in [2.45, 2.75) is 38.1 Å². The van der Waals surface area contributed by atoms with Crippen LogP contribution in [-0.4, -0.2) is 58.6 Å². The molecule has 8 nitrogen and oxygen atoms in total. The molecule has 1 fully saturated rings. The zero-order valence-corrected chi connectivity index (χ0v) is 10.2. The van der Waals surface area contributed by atoms with Gasteiger partial charge in [-0.3, -0.25) is 9.59 Å². The van der Waals surface area contributed by atoms with E-state index >= 15 is 0 Å². The van der Waals surface area contributed by atoms with Crippen LogP contribution in [0.3, 0.4) is 0 Å². The highest BCUT2D eigenvalue weighted by atomic mass is 16.6. The molecule has 0 aliphatic carbocycles. The molecular weight excluding hydrogens is 260 g/mol. The molecule has 0 aromatic heterocycles. The maximum atomic E-state index is 11.3. The number of rotatable bonds is 6. The minimum Gasteiger partial charge on any atom is -0.463 e. The van der Waals surface area contributed by atoms with Crippen molar-refractivity contribution in [2.24, 2.45) is 0 Å². The molecule has 0 spiro atoms. The molecule has 1 rings (SSSR count). The molecule has 1 aliphatic heterocycles. The summed E-state index contributed by atoms with van der Waals surface area (Å²) in [5.74, 6) is -3.01. The SMILES string of the molecule is CC(=O)CCC(=O)OC[C@H](O)[C@H]1OC(=O)C(O)C1=O. The van der Waals surface area contributed by atoms with Crippen molar-refractivity contribution in [1.29, 1.82) is 0 Å². The summed E-state index contributed by atoms with van der Waals surface area (Å²) in [6, 6.07) is 0. The average Bonchev–Trinajstić information content (AvgIpc) is 2.61. The molecular formula is C11H14O8. The van der Waals surface area contributed by atoms with Gasteiger partial charge in [-0.25, -0.2) is 4.79 Å². The Morgan fingerprint density at radius 2 is 2.00 bits per heavy atom. The van der Waals surface area contributed by atoms with E-state index in [1.54, 1.807) is 0 Å². The van der Waals surface area contributed by atoms with Gasteiger partial charge in [0.25, 0.3) is 0 Å². The lowest BCUT2D eigenvalue weighted by molar-refractivity contribution is -0.157. The van der Waals surface area contributed by atoms with Crippen molar-refractivity contribution in [3.05, 3.63) is 0 Å². The number of carbonyl (C=O) groups excluding carboxylic acids is 4. The number of ether oxygens (including phenoxy) is 2. The fourth-order valence-electron chi connectivity index (χ4n) is 1.40. The molecule has 0 bridgehead atoms. The lowest BCUT2D eigenvalue weighted by Gasteiger charge is -2.15. The van der Waals surface area contributed by atoms with Crippen LogP contribution in [-0.2, 0) is 28.7 Å². The van der Waals surface area contributed by atoms with Crippen molar-refractivity contribution in [2.75, 3.05) is 6.61 Å². The van der Waals surface area contributed by atoms with Gasteiger partial charge in [-0.05, 0) is 6.92 Å². The minimum atomic E-state index is -1.91. The van der Waals surface area contributed by atoms with E-state index in [2.05, 4.69) is 9.47 Å². The van der Waals surface area contributed by atoms with Crippen LogP contribution in [0.2, 0.25) is 0 Å². The molecule has 19 heavy (non-hydrogen) atoms. The third-order valence-electron chi connectivity index (χ3n) is 2.46. The lowest BCUT2D eigenvalue weighted by atomic mass is 10.1. The lowest BCUT2D eigenvalue weighted by Crippen LogP contribution is -2.38. The summed E-state index contributed by atoms with van der Waals surface area (Å²) in [5.41, 5.74) is 0. The fourth-order valence-corrected chi connectivity index (χ4v) is 1.40. The van der Waals surface area contributed by atoms with Crippen LogP contribution in [0, 0.1) is 0 Å². The van der Waals surface area contributed by atoms with Gasteiger partial charge < -0.3 is 24.5 Å². The highest BCUT2D eigenvalue weighted by Crippen LogP contribution is 2.15. The number of cyclic esters (lactones) is 1. The van der Waals surface area contributed by atoms with Gasteiger partial charge in [0.05, 0.1) is 6.42 Å². The van der Waals surface area contributed by atoms with Crippen molar-refractivity contribution in [3.8, 4) is 0 Å². The van der Waals surface area contributed by atoms with E-state index in [9.17, 15) is 24.3 Å². The van der Waals surface area contributed by atoms with E-state index < -0.39 is 42.6 Å². The molecule has 3 atom stereocenters. The highest BCUT2D eigenvalue weighted by Gasteiger charge is 2.46. The number of Topliss-reactive ketones (excluding diaryl/α,β-unsaturated/α-hetero) is 2. The number of hydrogen-bond acceptors (Lipinski definition) is 8. The smallest absolute Gasteiger partial charge is 0.343 e. The van der Waals surface area contributed by atoms with Crippen LogP contribution in [0.4, 0.5) is 0 Å². The van der Waals surface area contributed by atoms with Gasteiger partial charge in [-0.1, -0.05) is 0 Å². The maximum Gasteiger partial charge on any atom is 0.343 e. The Morgan fingerprint density at radius 3 is 2.47 bits per heavy atom. The molecule has 0 radical (unpaired) electrons. The molecule has 8 heteroatoms. The number of carbonyl (C=O) groups is 4. The number of hydrogen-bond donors (Lipinski definition) is 2. The van der Waals surface area contributed by atoms with E-state index in [-0.39, 0.29) is 18.6 Å². The van der Waals surface area contributed by atoms with E-state index in [0.29, 0.717) is 0 Å². The van der Waals surface area contributed by atoms with Gasteiger partial charge in [0.1, 0.15) is 18.5 Å². The first-order valence-corrected chi connectivity index (χ1v) is 5.58. The zero-order valence-electron chi connectivity index (χ0n) is 10.2. The Bertz CT molecular complexity index is 401. The highest BCUT2D eigenvalue weighted by molar-refractivity contribution is 6.09. The van der Waals surface area contributed by atoms with Crippen molar-refractivity contribution >= 4 is 23.5 Å². The van der Waals surface area contributed by atoms with Gasteiger partial charge >= 0.3 is 11.9 Å². The number of aliphatic hydroxyl groups is 2. The molecule has 1 saturated heterocycles. The second kappa shape index (κ2) is 6.39. The van der Waals surface area contributed by atoms with Crippen LogP contribution < -0.4 is 0 Å². The minimum absolute atomic E-state index is 0.0188. The van der Waals surface area contributed by atoms with Gasteiger partial charge in [0.2, 0.25) is 11.9 Å². The first-order chi connectivity index (χ1) is 8.82. The monoisotopic (exact) mass is 274 g/mol. The summed E-state index contributed by atoms with van der Waals surface area (Å²) in [4.78, 5) is 43.9. The van der Waals surface area contributed by atoms with Gasteiger partial charge in [0, 0.05) is 6.42 Å². The van der Waals surface area contributed by atoms with E-state index in [1.165, 1.54) is 6.92 Å². The molecule has 1 unspecified atom stereocenters. The summed E-state index contributed by atoms with van der Waals surface area (Å²) >= 11 is 0. The van der Waals surface area contributed by atoms with E-state index in [0.717, 1.165) is 0 Å². The fraction of sp³-hybridized carbons (Fsp3) is 0.636. The van der Waals surface area contributed by atoms with E-state index in [4.69, 9.17) is 5.11 Å². The Morgan fingerprint density at radius 1 is 1.37 bits per heavy atom. The summed E-state index contributed by atoms with van der Waals surface area (Å²) in [5, 5.41) is 18.6. The van der Waals surface area contributed by atoms with Gasteiger partial charge in [0.15, 0.2) is 6.10 Å². The first kappa shape index (κ1) is 15.3. The number of aliphatic hydroxyl groups excluding tert-OH is 2. The van der Waals surface area contributed by atoms with Gasteiger partial charge in [-0.15, -0.1) is 0 Å². The summed E-state index contributed by atoms with van der Waals surface area (Å²) < 4.78 is 9.06. The predicted octanol–water partition coefficient (Wildman–Crippen LogP) is -1.88. The third kappa shape index (κ3) is 4.11. The van der Waals surface area contributed by atoms with Crippen LogP contribution in [0.15, 0.2) is 0 Å². The Hall–Kier alpha value is -1.80. The Balaban J connectivity index is 2.37. The Labute approximate surface area is 108 Å². The summed E-state index contributed by atoms with van der Waals surface area (Å²) in [6.45, 7) is 0.757. The molecule has 0 aromatic carbocycles. The summed E-state index contributed by atoms with van der Waals surface area (Å²) in [6.07, 6.45) is -5.11. The van der Waals surface area contributed by atoms with Crippen LogP contribution in [0.5, 0.6) is 0 Å². The number of esters is 2. The van der Waals surface area contributed by atoms with Crippen LogP contribution in [0.1, 0.15) is 19.8 Å².